The first-order valence-electron chi connectivity index (χ1n) is 9.66. The van der Waals surface area contributed by atoms with Crippen LogP contribution in [0.2, 0.25) is 0 Å². The number of nitrogens with zero attached hydrogens (tertiary/aromatic N) is 2. The van der Waals surface area contributed by atoms with E-state index in [4.69, 9.17) is 14.5 Å². The normalized spacial score (nSPS) is 23.5. The molecule has 1 saturated carbocycles. The van der Waals surface area contributed by atoms with E-state index in [1.165, 1.54) is 50.9 Å². The number of fused-ring (bicyclic) bond motifs is 1. The maximum absolute atomic E-state index is 5.42. The molecule has 0 spiro atoms. The van der Waals surface area contributed by atoms with Crippen LogP contribution < -0.4 is 9.47 Å². The molecule has 2 atom stereocenters. The van der Waals surface area contributed by atoms with Gasteiger partial charge < -0.3 is 9.47 Å². The molecule has 1 aromatic heterocycles. The van der Waals surface area contributed by atoms with Crippen LogP contribution in [0.5, 0.6) is 11.5 Å². The topological polar surface area (TPSA) is 34.6 Å². The summed E-state index contributed by atoms with van der Waals surface area (Å²) in [5.74, 6) is 3.41. The van der Waals surface area contributed by atoms with Crippen molar-refractivity contribution >= 4 is 11.3 Å². The highest BCUT2D eigenvalue weighted by Gasteiger charge is 2.31. The molecule has 1 saturated heterocycles. The van der Waals surface area contributed by atoms with Crippen LogP contribution in [0.1, 0.15) is 37.8 Å². The highest BCUT2D eigenvalue weighted by Crippen LogP contribution is 2.37. The molecule has 5 heteroatoms. The zero-order chi connectivity index (χ0) is 17.9. The molecule has 4 rings (SSSR count). The Bertz CT molecular complexity index is 745. The fourth-order valence-electron chi connectivity index (χ4n) is 4.53. The number of likely N-dealkylation sites (tertiary alicyclic amines) is 1. The second kappa shape index (κ2) is 7.97. The smallest absolute Gasteiger partial charge is 0.161 e. The van der Waals surface area contributed by atoms with Crippen LogP contribution in [0.25, 0.3) is 10.6 Å². The van der Waals surface area contributed by atoms with Crippen LogP contribution in [0.15, 0.2) is 23.6 Å². The number of aromatic nitrogens is 1. The van der Waals surface area contributed by atoms with E-state index < -0.39 is 0 Å². The molecule has 0 amide bonds. The number of rotatable bonds is 5. The number of piperidine rings is 1. The van der Waals surface area contributed by atoms with E-state index in [2.05, 4.69) is 16.3 Å². The number of hydrogen-bond acceptors (Lipinski definition) is 5. The minimum atomic E-state index is 0.751. The summed E-state index contributed by atoms with van der Waals surface area (Å²) in [6, 6.07) is 6.01. The van der Waals surface area contributed by atoms with E-state index in [0.717, 1.165) is 40.5 Å². The fraction of sp³-hybridized carbons (Fsp3) is 0.571. The van der Waals surface area contributed by atoms with Crippen molar-refractivity contribution in [1.29, 1.82) is 0 Å². The molecular formula is C21H28N2O2S. The molecule has 0 unspecified atom stereocenters. The van der Waals surface area contributed by atoms with E-state index in [1.807, 2.05) is 12.1 Å². The molecule has 1 aromatic carbocycles. The lowest BCUT2D eigenvalue weighted by atomic mass is 9.75. The first-order chi connectivity index (χ1) is 12.8. The Hall–Kier alpha value is -1.59. The quantitative estimate of drug-likeness (QED) is 0.752. The van der Waals surface area contributed by atoms with Gasteiger partial charge in [0.05, 0.1) is 19.9 Å². The molecule has 26 heavy (non-hydrogen) atoms. The fourth-order valence-corrected chi connectivity index (χ4v) is 5.34. The van der Waals surface area contributed by atoms with Crippen molar-refractivity contribution in [2.24, 2.45) is 11.8 Å². The van der Waals surface area contributed by atoms with Crippen molar-refractivity contribution in [2.75, 3.05) is 27.3 Å². The summed E-state index contributed by atoms with van der Waals surface area (Å²) >= 11 is 1.71. The highest BCUT2D eigenvalue weighted by atomic mass is 32.1. The van der Waals surface area contributed by atoms with Crippen molar-refractivity contribution in [2.45, 2.75) is 38.6 Å². The number of thiazole rings is 1. The Morgan fingerprint density at radius 2 is 1.88 bits per heavy atom. The molecule has 1 aliphatic carbocycles. The molecule has 2 heterocycles. The molecule has 2 aromatic rings. The van der Waals surface area contributed by atoms with Gasteiger partial charge in [-0.2, -0.15) is 0 Å². The number of hydrogen-bond donors (Lipinski definition) is 0. The van der Waals surface area contributed by atoms with Gasteiger partial charge in [-0.25, -0.2) is 4.98 Å². The van der Waals surface area contributed by atoms with E-state index in [1.54, 1.807) is 25.6 Å². The second-order valence-electron chi connectivity index (χ2n) is 7.54. The lowest BCUT2D eigenvalue weighted by Crippen LogP contribution is -2.41. The van der Waals surface area contributed by atoms with Crippen LogP contribution in [0.3, 0.4) is 0 Å². The van der Waals surface area contributed by atoms with E-state index >= 15 is 0 Å². The van der Waals surface area contributed by atoms with Gasteiger partial charge in [-0.1, -0.05) is 19.3 Å². The van der Waals surface area contributed by atoms with Gasteiger partial charge in [0.2, 0.25) is 0 Å². The van der Waals surface area contributed by atoms with Gasteiger partial charge in [0.1, 0.15) is 5.01 Å². The lowest BCUT2D eigenvalue weighted by molar-refractivity contribution is 0.0814. The summed E-state index contributed by atoms with van der Waals surface area (Å²) in [6.07, 6.45) is 7.13. The minimum Gasteiger partial charge on any atom is -0.493 e. The number of methoxy groups -OCH3 is 2. The Morgan fingerprint density at radius 1 is 1.08 bits per heavy atom. The van der Waals surface area contributed by atoms with E-state index in [9.17, 15) is 0 Å². The Morgan fingerprint density at radius 3 is 2.69 bits per heavy atom. The van der Waals surface area contributed by atoms with Crippen molar-refractivity contribution < 1.29 is 9.47 Å². The minimum absolute atomic E-state index is 0.751. The first kappa shape index (κ1) is 17.8. The summed E-state index contributed by atoms with van der Waals surface area (Å²) in [5.41, 5.74) is 2.28. The lowest BCUT2D eigenvalue weighted by Gasteiger charge is -2.41. The predicted octanol–water partition coefficient (Wildman–Crippen LogP) is 4.84. The summed E-state index contributed by atoms with van der Waals surface area (Å²) in [5, 5.41) is 3.26. The highest BCUT2D eigenvalue weighted by molar-refractivity contribution is 7.13. The van der Waals surface area contributed by atoms with Crippen molar-refractivity contribution in [3.63, 3.8) is 0 Å². The molecule has 140 valence electrons. The maximum atomic E-state index is 5.42. The molecule has 2 aliphatic rings. The van der Waals surface area contributed by atoms with Crippen molar-refractivity contribution in [1.82, 2.24) is 9.88 Å². The summed E-state index contributed by atoms with van der Waals surface area (Å²) in [4.78, 5) is 7.50. The SMILES string of the molecule is COc1ccc(-c2nc(CN3CC[C@H]4CCCC[C@@H]4C3)cs2)cc1OC. The third-order valence-electron chi connectivity index (χ3n) is 5.94. The van der Waals surface area contributed by atoms with Gasteiger partial charge in [0, 0.05) is 24.0 Å². The predicted molar refractivity (Wildman–Crippen MR) is 106 cm³/mol. The van der Waals surface area contributed by atoms with Crippen LogP contribution in [0, 0.1) is 11.8 Å². The van der Waals surface area contributed by atoms with Crippen LogP contribution in [0.4, 0.5) is 0 Å². The van der Waals surface area contributed by atoms with Gasteiger partial charge in [0.25, 0.3) is 0 Å². The molecular weight excluding hydrogens is 344 g/mol. The number of benzene rings is 1. The van der Waals surface area contributed by atoms with Crippen LogP contribution in [-0.4, -0.2) is 37.2 Å². The maximum Gasteiger partial charge on any atom is 0.161 e. The monoisotopic (exact) mass is 372 g/mol. The van der Waals surface area contributed by atoms with E-state index in [0.29, 0.717) is 0 Å². The van der Waals surface area contributed by atoms with Crippen LogP contribution in [-0.2, 0) is 6.54 Å². The summed E-state index contributed by atoms with van der Waals surface area (Å²) in [6.45, 7) is 3.46. The Balaban J connectivity index is 1.43. The molecule has 1 aliphatic heterocycles. The average Bonchev–Trinajstić information content (AvgIpc) is 3.15. The largest absolute Gasteiger partial charge is 0.493 e. The van der Waals surface area contributed by atoms with Gasteiger partial charge >= 0.3 is 0 Å². The third-order valence-corrected chi connectivity index (χ3v) is 6.88. The molecule has 0 N–H and O–H groups in total. The molecule has 0 radical (unpaired) electrons. The molecule has 2 fully saturated rings. The zero-order valence-corrected chi connectivity index (χ0v) is 16.6. The number of ether oxygens (including phenoxy) is 2. The summed E-state index contributed by atoms with van der Waals surface area (Å²) < 4.78 is 10.7. The Kier molecular flexibility index (Phi) is 5.46. The van der Waals surface area contributed by atoms with Crippen LogP contribution >= 0.6 is 11.3 Å². The third kappa shape index (κ3) is 3.74. The van der Waals surface area contributed by atoms with Crippen molar-refractivity contribution in [3.8, 4) is 22.1 Å². The van der Waals surface area contributed by atoms with Gasteiger partial charge in [-0.05, 0) is 49.4 Å². The standard InChI is InChI=1S/C21H28N2O2S/c1-24-19-8-7-16(11-20(19)25-2)21-22-18(14-26-21)13-23-10-9-15-5-3-4-6-17(15)12-23/h7-8,11,14-15,17H,3-6,9-10,12-13H2,1-2H3/t15-,17-/m1/s1. The zero-order valence-electron chi connectivity index (χ0n) is 15.7. The Labute approximate surface area is 160 Å². The summed E-state index contributed by atoms with van der Waals surface area (Å²) in [7, 11) is 3.33. The van der Waals surface area contributed by atoms with Crippen molar-refractivity contribution in [3.05, 3.63) is 29.3 Å². The first-order valence-corrected chi connectivity index (χ1v) is 10.5. The van der Waals surface area contributed by atoms with E-state index in [-0.39, 0.29) is 0 Å². The van der Waals surface area contributed by atoms with Gasteiger partial charge in [-0.3, -0.25) is 4.90 Å². The second-order valence-corrected chi connectivity index (χ2v) is 8.40. The average molecular weight is 373 g/mol. The van der Waals surface area contributed by atoms with Gasteiger partial charge in [0.15, 0.2) is 11.5 Å². The molecule has 4 nitrogen and oxygen atoms in total. The molecule has 0 bridgehead atoms. The van der Waals surface area contributed by atoms with Gasteiger partial charge in [-0.15, -0.1) is 11.3 Å².